The zero-order valence-electron chi connectivity index (χ0n) is 11.4. The van der Waals surface area contributed by atoms with E-state index in [1.807, 2.05) is 67.6 Å². The van der Waals surface area contributed by atoms with Gasteiger partial charge in [-0.1, -0.05) is 66.9 Å². The molecule has 0 spiro atoms. The Bertz CT molecular complexity index is 580. The van der Waals surface area contributed by atoms with Crippen molar-refractivity contribution in [3.63, 3.8) is 0 Å². The second-order valence-electron chi connectivity index (χ2n) is 4.44. The van der Waals surface area contributed by atoms with E-state index in [1.54, 1.807) is 0 Å². The summed E-state index contributed by atoms with van der Waals surface area (Å²) in [6, 6.07) is 19.6. The Balaban J connectivity index is 1.93. The fraction of sp³-hybridized carbons (Fsp3) is 0.118. The van der Waals surface area contributed by atoms with Crippen LogP contribution >= 0.6 is 11.8 Å². The molecule has 2 rings (SSSR count). The van der Waals surface area contributed by atoms with Crippen LogP contribution in [-0.4, -0.2) is 5.91 Å². The first-order chi connectivity index (χ1) is 9.66. The van der Waals surface area contributed by atoms with Gasteiger partial charge in [0.05, 0.1) is 10.9 Å². The van der Waals surface area contributed by atoms with E-state index in [-0.39, 0.29) is 11.9 Å². The lowest BCUT2D eigenvalue weighted by Crippen LogP contribution is -2.26. The topological polar surface area (TPSA) is 29.1 Å². The average Bonchev–Trinajstić information content (AvgIpc) is 2.49. The Morgan fingerprint density at radius 1 is 1.05 bits per heavy atom. The van der Waals surface area contributed by atoms with Gasteiger partial charge in [0.15, 0.2) is 0 Å². The molecule has 0 heterocycles. The molecule has 2 aromatic carbocycles. The minimum Gasteiger partial charge on any atom is -0.345 e. The van der Waals surface area contributed by atoms with Crippen LogP contribution in [0.15, 0.2) is 77.0 Å². The Hall–Kier alpha value is -2.00. The molecule has 2 aromatic rings. The van der Waals surface area contributed by atoms with E-state index < -0.39 is 0 Å². The van der Waals surface area contributed by atoms with E-state index in [9.17, 15) is 4.79 Å². The lowest BCUT2D eigenvalue weighted by atomic mass is 10.1. The number of thioether (sulfide) groups is 1. The molecule has 0 saturated heterocycles. The highest BCUT2D eigenvalue weighted by atomic mass is 32.2. The van der Waals surface area contributed by atoms with Crippen LogP contribution < -0.4 is 5.32 Å². The van der Waals surface area contributed by atoms with Crippen molar-refractivity contribution in [2.24, 2.45) is 0 Å². The summed E-state index contributed by atoms with van der Waals surface area (Å²) in [5.41, 5.74) is 1.08. The molecule has 0 aliphatic rings. The highest BCUT2D eigenvalue weighted by Crippen LogP contribution is 2.25. The predicted octanol–water partition coefficient (Wildman–Crippen LogP) is 4.17. The summed E-state index contributed by atoms with van der Waals surface area (Å²) in [6.07, 6.45) is 0. The van der Waals surface area contributed by atoms with Crippen LogP contribution in [0.1, 0.15) is 18.5 Å². The Labute approximate surface area is 123 Å². The molecule has 0 saturated carbocycles. The Morgan fingerprint density at radius 3 is 2.20 bits per heavy atom. The molecule has 102 valence electrons. The summed E-state index contributed by atoms with van der Waals surface area (Å²) in [7, 11) is 0. The monoisotopic (exact) mass is 283 g/mol. The Morgan fingerprint density at radius 2 is 1.60 bits per heavy atom. The average molecular weight is 283 g/mol. The van der Waals surface area contributed by atoms with Gasteiger partial charge in [-0.05, 0) is 24.6 Å². The molecule has 0 aliphatic carbocycles. The lowest BCUT2D eigenvalue weighted by Gasteiger charge is -2.15. The second-order valence-corrected chi connectivity index (χ2v) is 5.61. The lowest BCUT2D eigenvalue weighted by molar-refractivity contribution is -0.117. The van der Waals surface area contributed by atoms with Gasteiger partial charge in [-0.25, -0.2) is 0 Å². The standard InChI is InChI=1S/C17H17NOS/c1-13(15-9-5-3-6-10-15)18-17(19)14(2)20-16-11-7-4-8-12-16/h3-13H,2H2,1H3,(H,18,19)/t13-/m0/s1. The highest BCUT2D eigenvalue weighted by Gasteiger charge is 2.12. The number of benzene rings is 2. The Kier molecular flexibility index (Phi) is 5.02. The number of nitrogens with one attached hydrogen (secondary N) is 1. The number of amides is 1. The maximum atomic E-state index is 12.1. The van der Waals surface area contributed by atoms with Crippen molar-refractivity contribution in [2.45, 2.75) is 17.9 Å². The normalized spacial score (nSPS) is 11.7. The van der Waals surface area contributed by atoms with Crippen LogP contribution in [0.25, 0.3) is 0 Å². The van der Waals surface area contributed by atoms with Crippen molar-refractivity contribution >= 4 is 17.7 Å². The fourth-order valence-electron chi connectivity index (χ4n) is 1.78. The molecular formula is C17H17NOS. The molecule has 1 atom stereocenters. The van der Waals surface area contributed by atoms with Gasteiger partial charge in [0.2, 0.25) is 0 Å². The summed E-state index contributed by atoms with van der Waals surface area (Å²) >= 11 is 1.38. The predicted molar refractivity (Wildman–Crippen MR) is 84.4 cm³/mol. The highest BCUT2D eigenvalue weighted by molar-refractivity contribution is 8.04. The van der Waals surface area contributed by atoms with E-state index in [1.165, 1.54) is 11.8 Å². The summed E-state index contributed by atoms with van der Waals surface area (Å²) in [6.45, 7) is 5.81. The second kappa shape index (κ2) is 6.96. The minimum atomic E-state index is -0.129. The molecule has 20 heavy (non-hydrogen) atoms. The molecule has 0 aromatic heterocycles. The van der Waals surface area contributed by atoms with Crippen LogP contribution in [0, 0.1) is 0 Å². The van der Waals surface area contributed by atoms with Crippen molar-refractivity contribution < 1.29 is 4.79 Å². The first-order valence-corrected chi connectivity index (χ1v) is 7.26. The molecule has 1 N–H and O–H groups in total. The summed E-state index contributed by atoms with van der Waals surface area (Å²) in [5.74, 6) is -0.129. The maximum Gasteiger partial charge on any atom is 0.257 e. The third-order valence-electron chi connectivity index (χ3n) is 2.88. The number of hydrogen-bond donors (Lipinski definition) is 1. The molecule has 3 heteroatoms. The first kappa shape index (κ1) is 14.4. The minimum absolute atomic E-state index is 0.0307. The van der Waals surface area contributed by atoms with E-state index in [0.29, 0.717) is 4.91 Å². The summed E-state index contributed by atoms with van der Waals surface area (Å²) in [5, 5.41) is 2.96. The number of carbonyl (C=O) groups excluding carboxylic acids is 1. The van der Waals surface area contributed by atoms with Gasteiger partial charge >= 0.3 is 0 Å². The summed E-state index contributed by atoms with van der Waals surface area (Å²) in [4.78, 5) is 13.6. The largest absolute Gasteiger partial charge is 0.345 e. The zero-order valence-corrected chi connectivity index (χ0v) is 12.2. The van der Waals surface area contributed by atoms with Crippen LogP contribution in [0.3, 0.4) is 0 Å². The van der Waals surface area contributed by atoms with Gasteiger partial charge in [0.25, 0.3) is 5.91 Å². The quantitative estimate of drug-likeness (QED) is 0.659. The maximum absolute atomic E-state index is 12.1. The van der Waals surface area contributed by atoms with Crippen molar-refractivity contribution in [3.8, 4) is 0 Å². The van der Waals surface area contributed by atoms with Crippen molar-refractivity contribution in [2.75, 3.05) is 0 Å². The number of rotatable bonds is 5. The van der Waals surface area contributed by atoms with Gasteiger partial charge in [0, 0.05) is 4.90 Å². The van der Waals surface area contributed by atoms with Gasteiger partial charge in [0.1, 0.15) is 0 Å². The van der Waals surface area contributed by atoms with Crippen molar-refractivity contribution in [3.05, 3.63) is 77.7 Å². The number of carbonyl (C=O) groups is 1. The van der Waals surface area contributed by atoms with E-state index in [0.717, 1.165) is 10.5 Å². The van der Waals surface area contributed by atoms with E-state index in [4.69, 9.17) is 0 Å². The van der Waals surface area contributed by atoms with Crippen LogP contribution in [0.2, 0.25) is 0 Å². The molecule has 0 fully saturated rings. The molecule has 0 radical (unpaired) electrons. The molecule has 0 unspecified atom stereocenters. The molecule has 0 aliphatic heterocycles. The van der Waals surface area contributed by atoms with Gasteiger partial charge < -0.3 is 5.32 Å². The van der Waals surface area contributed by atoms with Crippen LogP contribution in [0.4, 0.5) is 0 Å². The molecular weight excluding hydrogens is 266 g/mol. The summed E-state index contributed by atoms with van der Waals surface area (Å²) < 4.78 is 0. The first-order valence-electron chi connectivity index (χ1n) is 6.44. The van der Waals surface area contributed by atoms with Gasteiger partial charge in [-0.3, -0.25) is 4.79 Å². The third kappa shape index (κ3) is 4.00. The van der Waals surface area contributed by atoms with Gasteiger partial charge in [-0.15, -0.1) is 0 Å². The van der Waals surface area contributed by atoms with Gasteiger partial charge in [-0.2, -0.15) is 0 Å². The zero-order chi connectivity index (χ0) is 14.4. The van der Waals surface area contributed by atoms with Crippen LogP contribution in [-0.2, 0) is 4.79 Å². The fourth-order valence-corrected chi connectivity index (χ4v) is 2.51. The van der Waals surface area contributed by atoms with Crippen molar-refractivity contribution in [1.82, 2.24) is 5.32 Å². The third-order valence-corrected chi connectivity index (χ3v) is 3.82. The SMILES string of the molecule is C=C(Sc1ccccc1)C(=O)N[C@@H](C)c1ccccc1. The van der Waals surface area contributed by atoms with E-state index >= 15 is 0 Å². The van der Waals surface area contributed by atoms with Crippen molar-refractivity contribution in [1.29, 1.82) is 0 Å². The molecule has 2 nitrogen and oxygen atoms in total. The van der Waals surface area contributed by atoms with Crippen LogP contribution in [0.5, 0.6) is 0 Å². The smallest absolute Gasteiger partial charge is 0.257 e. The van der Waals surface area contributed by atoms with E-state index in [2.05, 4.69) is 11.9 Å². The molecule has 1 amide bonds. The molecule has 0 bridgehead atoms. The number of hydrogen-bond acceptors (Lipinski definition) is 2.